The van der Waals surface area contributed by atoms with Crippen molar-refractivity contribution >= 4 is 11.6 Å². The lowest BCUT2D eigenvalue weighted by Gasteiger charge is -2.29. The molecule has 0 saturated heterocycles. The zero-order valence-corrected chi connectivity index (χ0v) is 13.2. The van der Waals surface area contributed by atoms with Gasteiger partial charge in [-0.15, -0.1) is 0 Å². The summed E-state index contributed by atoms with van der Waals surface area (Å²) in [6.07, 6.45) is 1.89. The maximum Gasteiger partial charge on any atom is 0.222 e. The van der Waals surface area contributed by atoms with Crippen LogP contribution < -0.4 is 10.2 Å². The average Bonchev–Trinajstić information content (AvgIpc) is 2.89. The monoisotopic (exact) mass is 285 g/mol. The third-order valence-corrected chi connectivity index (χ3v) is 4.03. The lowest BCUT2D eigenvalue weighted by atomic mass is 9.98. The van der Waals surface area contributed by atoms with E-state index >= 15 is 0 Å². The first-order valence-corrected chi connectivity index (χ1v) is 7.57. The van der Waals surface area contributed by atoms with E-state index in [-0.39, 0.29) is 6.04 Å². The molecule has 0 spiro atoms. The number of anilines is 2. The predicted octanol–water partition coefficient (Wildman–Crippen LogP) is 2.70. The molecule has 1 N–H and O–H groups in total. The first kappa shape index (κ1) is 13.9. The van der Waals surface area contributed by atoms with Gasteiger partial charge < -0.3 is 10.2 Å². The van der Waals surface area contributed by atoms with Crippen LogP contribution in [0.15, 0.2) is 24.3 Å². The summed E-state index contributed by atoms with van der Waals surface area (Å²) in [5, 5.41) is 8.08. The van der Waals surface area contributed by atoms with E-state index in [1.165, 1.54) is 11.3 Å². The van der Waals surface area contributed by atoms with Crippen molar-refractivity contribution in [3.05, 3.63) is 35.7 Å². The molecule has 1 aromatic heterocycles. The number of aromatic nitrogens is 3. The first-order valence-electron chi connectivity index (χ1n) is 7.57. The second kappa shape index (κ2) is 5.39. The summed E-state index contributed by atoms with van der Waals surface area (Å²) in [4.78, 5) is 6.69. The minimum atomic E-state index is 0.264. The summed E-state index contributed by atoms with van der Waals surface area (Å²) < 4.78 is 2.05. The van der Waals surface area contributed by atoms with Gasteiger partial charge in [0.05, 0.1) is 6.04 Å². The Morgan fingerprint density at radius 1 is 1.29 bits per heavy atom. The van der Waals surface area contributed by atoms with Gasteiger partial charge in [-0.1, -0.05) is 19.1 Å². The number of hydrogen-bond acceptors (Lipinski definition) is 4. The molecule has 1 aliphatic rings. The molecule has 0 radical (unpaired) electrons. The zero-order valence-electron chi connectivity index (χ0n) is 13.2. The summed E-state index contributed by atoms with van der Waals surface area (Å²) in [7, 11) is 4.12. The number of hydrogen-bond donors (Lipinski definition) is 1. The molecule has 2 atom stereocenters. The summed E-state index contributed by atoms with van der Waals surface area (Å²) in [5.74, 6) is 1.80. The van der Waals surface area contributed by atoms with Crippen molar-refractivity contribution in [3.8, 4) is 0 Å². The fraction of sp³-hybridized carbons (Fsp3) is 0.500. The third kappa shape index (κ3) is 2.60. The molecule has 0 bridgehead atoms. The normalized spacial score (nSPS) is 20.8. The van der Waals surface area contributed by atoms with E-state index < -0.39 is 0 Å². The maximum absolute atomic E-state index is 4.65. The number of aryl methyl sites for hydroxylation is 1. The quantitative estimate of drug-likeness (QED) is 0.942. The molecular weight excluding hydrogens is 262 g/mol. The molecule has 112 valence electrons. The minimum absolute atomic E-state index is 0.264. The van der Waals surface area contributed by atoms with E-state index in [4.69, 9.17) is 0 Å². The molecule has 0 amide bonds. The molecule has 5 heteroatoms. The predicted molar refractivity (Wildman–Crippen MR) is 86.0 cm³/mol. The third-order valence-electron chi connectivity index (χ3n) is 4.03. The standard InChI is InChI=1S/C16H23N5/c1-5-15-18-16-17-11(2)10-14(21(16)19-15)12-6-8-13(9-7-12)20(3)4/h6-9,11,14H,5,10H2,1-4H3,(H,17,18,19). The van der Waals surface area contributed by atoms with Gasteiger partial charge in [0.1, 0.15) is 0 Å². The topological polar surface area (TPSA) is 46.0 Å². The lowest BCUT2D eigenvalue weighted by Crippen LogP contribution is -2.31. The van der Waals surface area contributed by atoms with Gasteiger partial charge in [0.2, 0.25) is 5.95 Å². The molecule has 0 saturated carbocycles. The van der Waals surface area contributed by atoms with Crippen molar-refractivity contribution in [2.75, 3.05) is 24.3 Å². The first-order chi connectivity index (χ1) is 10.1. The highest BCUT2D eigenvalue weighted by atomic mass is 15.4. The molecule has 5 nitrogen and oxygen atoms in total. The number of fused-ring (bicyclic) bond motifs is 1. The Hall–Kier alpha value is -2.04. The van der Waals surface area contributed by atoms with Gasteiger partial charge in [-0.05, 0) is 31.0 Å². The summed E-state index contributed by atoms with van der Waals surface area (Å²) in [6.45, 7) is 4.29. The molecule has 2 aromatic rings. The van der Waals surface area contributed by atoms with Crippen molar-refractivity contribution in [2.24, 2.45) is 0 Å². The number of rotatable bonds is 3. The molecule has 21 heavy (non-hydrogen) atoms. The van der Waals surface area contributed by atoms with Crippen LogP contribution in [0, 0.1) is 0 Å². The molecule has 0 fully saturated rings. The van der Waals surface area contributed by atoms with Gasteiger partial charge in [-0.2, -0.15) is 10.1 Å². The average molecular weight is 285 g/mol. The molecule has 3 rings (SSSR count). The van der Waals surface area contributed by atoms with Crippen LogP contribution in [0.5, 0.6) is 0 Å². The van der Waals surface area contributed by atoms with E-state index in [9.17, 15) is 0 Å². The van der Waals surface area contributed by atoms with Crippen molar-refractivity contribution in [2.45, 2.75) is 38.8 Å². The molecule has 1 aromatic carbocycles. The highest BCUT2D eigenvalue weighted by molar-refractivity contribution is 5.47. The van der Waals surface area contributed by atoms with Gasteiger partial charge in [-0.25, -0.2) is 4.68 Å². The Morgan fingerprint density at radius 3 is 2.62 bits per heavy atom. The Labute approximate surface area is 126 Å². The van der Waals surface area contributed by atoms with E-state index in [2.05, 4.69) is 72.5 Å². The number of nitrogens with one attached hydrogen (secondary N) is 1. The summed E-state index contributed by atoms with van der Waals surface area (Å²) >= 11 is 0. The highest BCUT2D eigenvalue weighted by Gasteiger charge is 2.27. The van der Waals surface area contributed by atoms with Gasteiger partial charge in [0.25, 0.3) is 0 Å². The van der Waals surface area contributed by atoms with E-state index in [1.807, 2.05) is 4.68 Å². The summed E-state index contributed by atoms with van der Waals surface area (Å²) in [6, 6.07) is 9.41. The molecule has 2 heterocycles. The second-order valence-corrected chi connectivity index (χ2v) is 5.93. The number of nitrogens with zero attached hydrogens (tertiary/aromatic N) is 4. The van der Waals surface area contributed by atoms with E-state index in [0.717, 1.165) is 24.6 Å². The Bertz CT molecular complexity index is 614. The fourth-order valence-electron chi connectivity index (χ4n) is 2.82. The summed E-state index contributed by atoms with van der Waals surface area (Å²) in [5.41, 5.74) is 2.51. The van der Waals surface area contributed by atoms with Crippen LogP contribution in [0.2, 0.25) is 0 Å². The highest BCUT2D eigenvalue weighted by Crippen LogP contribution is 2.31. The van der Waals surface area contributed by atoms with E-state index in [1.54, 1.807) is 0 Å². The molecular formula is C16H23N5. The smallest absolute Gasteiger partial charge is 0.222 e. The van der Waals surface area contributed by atoms with Crippen molar-refractivity contribution in [1.82, 2.24) is 14.8 Å². The van der Waals surface area contributed by atoms with Crippen LogP contribution in [0.1, 0.15) is 37.7 Å². The largest absolute Gasteiger partial charge is 0.378 e. The van der Waals surface area contributed by atoms with Gasteiger partial charge in [0.15, 0.2) is 5.82 Å². The van der Waals surface area contributed by atoms with Crippen molar-refractivity contribution in [3.63, 3.8) is 0 Å². The Balaban J connectivity index is 1.96. The SMILES string of the molecule is CCc1nc2n(n1)C(c1ccc(N(C)C)cc1)CC(C)N2. The molecule has 1 aliphatic heterocycles. The maximum atomic E-state index is 4.65. The Morgan fingerprint density at radius 2 is 2.00 bits per heavy atom. The van der Waals surface area contributed by atoms with Gasteiger partial charge in [-0.3, -0.25) is 0 Å². The van der Waals surface area contributed by atoms with E-state index in [0.29, 0.717) is 6.04 Å². The lowest BCUT2D eigenvalue weighted by molar-refractivity contribution is 0.435. The van der Waals surface area contributed by atoms with Crippen LogP contribution >= 0.6 is 0 Å². The molecule has 0 aliphatic carbocycles. The van der Waals surface area contributed by atoms with Crippen molar-refractivity contribution < 1.29 is 0 Å². The van der Waals surface area contributed by atoms with Crippen molar-refractivity contribution in [1.29, 1.82) is 0 Å². The number of benzene rings is 1. The Kier molecular flexibility index (Phi) is 3.57. The minimum Gasteiger partial charge on any atom is -0.378 e. The van der Waals surface area contributed by atoms with Gasteiger partial charge in [0, 0.05) is 32.2 Å². The second-order valence-electron chi connectivity index (χ2n) is 5.93. The van der Waals surface area contributed by atoms with Crippen LogP contribution in [-0.2, 0) is 6.42 Å². The van der Waals surface area contributed by atoms with Crippen LogP contribution in [0.25, 0.3) is 0 Å². The van der Waals surface area contributed by atoms with Crippen LogP contribution in [-0.4, -0.2) is 34.9 Å². The van der Waals surface area contributed by atoms with Crippen LogP contribution in [0.4, 0.5) is 11.6 Å². The van der Waals surface area contributed by atoms with Gasteiger partial charge >= 0.3 is 0 Å². The van der Waals surface area contributed by atoms with Crippen LogP contribution in [0.3, 0.4) is 0 Å². The zero-order chi connectivity index (χ0) is 15.0. The molecule has 2 unspecified atom stereocenters. The fourth-order valence-corrected chi connectivity index (χ4v) is 2.82.